The zero-order valence-corrected chi connectivity index (χ0v) is 73.7. The molecule has 25 nitrogen and oxygen atoms in total. The number of phosphoric ester groups is 1. The van der Waals surface area contributed by atoms with Crippen LogP contribution in [0.25, 0.3) is 0 Å². The molecule has 0 amide bonds. The van der Waals surface area contributed by atoms with Crippen molar-refractivity contribution in [2.45, 2.75) is 524 Å². The van der Waals surface area contributed by atoms with Crippen molar-refractivity contribution in [2.75, 3.05) is 26.4 Å². The molecule has 1 saturated carbocycles. The van der Waals surface area contributed by atoms with Crippen molar-refractivity contribution < 1.29 is 122 Å². The molecule has 10 N–H and O–H groups in total. The summed E-state index contributed by atoms with van der Waals surface area (Å²) < 4.78 is 73.4. The van der Waals surface area contributed by atoms with Gasteiger partial charge in [0.1, 0.15) is 92.6 Å². The summed E-state index contributed by atoms with van der Waals surface area (Å²) in [7, 11) is -5.80. The van der Waals surface area contributed by atoms with E-state index in [1.807, 2.05) is 0 Å². The van der Waals surface area contributed by atoms with E-state index < -0.39 is 162 Å². The fourth-order valence-electron chi connectivity index (χ4n) is 15.8. The third-order valence-corrected chi connectivity index (χ3v) is 24.3. The lowest BCUT2D eigenvalue weighted by Gasteiger charge is -2.50. The summed E-state index contributed by atoms with van der Waals surface area (Å²) in [6.07, 6.45) is 26.6. The molecule has 18 unspecified atom stereocenters. The van der Waals surface area contributed by atoms with E-state index in [4.69, 9.17) is 46.9 Å². The Morgan fingerprint density at radius 3 is 0.940 bits per heavy atom. The molecule has 684 valence electrons. The number of phosphoric acid groups is 1. The first kappa shape index (κ1) is 108. The summed E-state index contributed by atoms with van der Waals surface area (Å²) in [4.78, 5) is 66.4. The first-order valence-corrected chi connectivity index (χ1v) is 48.8. The van der Waals surface area contributed by atoms with Gasteiger partial charge in [-0.15, -0.1) is 0 Å². The molecule has 0 radical (unpaired) electrons. The molecular weight excluding hydrogens is 1510 g/mol. The van der Waals surface area contributed by atoms with Crippen LogP contribution in [0, 0.1) is 0 Å². The molecule has 2 saturated heterocycles. The van der Waals surface area contributed by atoms with Gasteiger partial charge in [-0.25, -0.2) is 4.57 Å². The largest absolute Gasteiger partial charge is 0.472 e. The minimum absolute atomic E-state index is 0.0203. The minimum atomic E-state index is -5.80. The van der Waals surface area contributed by atoms with Crippen LogP contribution in [-0.4, -0.2) is 205 Å². The van der Waals surface area contributed by atoms with Gasteiger partial charge in [0.25, 0.3) is 0 Å². The van der Waals surface area contributed by atoms with E-state index in [1.165, 1.54) is 205 Å². The Balaban J connectivity index is 1.91. The van der Waals surface area contributed by atoms with Crippen LogP contribution in [0.3, 0.4) is 0 Å². The van der Waals surface area contributed by atoms with Gasteiger partial charge in [0.05, 0.1) is 13.2 Å². The second-order valence-electron chi connectivity index (χ2n) is 33.9. The predicted molar refractivity (Wildman–Crippen MR) is 449 cm³/mol. The van der Waals surface area contributed by atoms with Gasteiger partial charge in [-0.05, 0) is 25.7 Å². The van der Waals surface area contributed by atoms with Gasteiger partial charge in [0.15, 0.2) is 24.8 Å². The molecule has 0 spiro atoms. The number of carbonyl (C=O) groups is 4. The number of aliphatic hydroxyl groups excluding tert-OH is 9. The van der Waals surface area contributed by atoms with Gasteiger partial charge in [-0.2, -0.15) is 0 Å². The van der Waals surface area contributed by atoms with Gasteiger partial charge in [0.2, 0.25) is 0 Å². The third kappa shape index (κ3) is 49.7. The van der Waals surface area contributed by atoms with E-state index in [2.05, 4.69) is 27.7 Å². The first-order chi connectivity index (χ1) is 56.2. The van der Waals surface area contributed by atoms with Crippen LogP contribution in [0.5, 0.6) is 0 Å². The number of hydrogen-bond acceptors (Lipinski definition) is 24. The Bertz CT molecular complexity index is 2410. The predicted octanol–water partition coefficient (Wildman–Crippen LogP) is 17.4. The summed E-state index contributed by atoms with van der Waals surface area (Å²) in [5.41, 5.74) is 0. The Labute approximate surface area is 699 Å². The fraction of sp³-hybridized carbons (Fsp3) is 0.956. The monoisotopic (exact) mass is 1680 g/mol. The zero-order valence-electron chi connectivity index (χ0n) is 72.8. The molecule has 3 rings (SSSR count). The molecule has 26 heteroatoms. The van der Waals surface area contributed by atoms with Crippen molar-refractivity contribution in [3.05, 3.63) is 0 Å². The van der Waals surface area contributed by atoms with Crippen LogP contribution < -0.4 is 0 Å². The van der Waals surface area contributed by atoms with E-state index >= 15 is 0 Å². The summed E-state index contributed by atoms with van der Waals surface area (Å²) in [5, 5.41) is 102. The van der Waals surface area contributed by atoms with Gasteiger partial charge in [-0.3, -0.25) is 28.2 Å². The molecule has 18 atom stereocenters. The lowest BCUT2D eigenvalue weighted by molar-refractivity contribution is -0.360. The molecule has 2 heterocycles. The highest BCUT2D eigenvalue weighted by atomic mass is 31.2. The maximum atomic E-state index is 14.9. The Kier molecular flexibility index (Phi) is 64.8. The maximum absolute atomic E-state index is 14.9. The van der Waals surface area contributed by atoms with Gasteiger partial charge >= 0.3 is 31.7 Å². The molecule has 3 aliphatic rings. The number of unbranched alkanes of at least 4 members (excludes halogenated alkanes) is 53. The van der Waals surface area contributed by atoms with Crippen LogP contribution >= 0.6 is 7.82 Å². The number of hydrogen-bond donors (Lipinski definition) is 10. The third-order valence-electron chi connectivity index (χ3n) is 23.4. The van der Waals surface area contributed by atoms with Gasteiger partial charge < -0.3 is 88.7 Å². The second-order valence-corrected chi connectivity index (χ2v) is 35.3. The summed E-state index contributed by atoms with van der Waals surface area (Å²) in [6.45, 7) is 5.63. The molecule has 2 aliphatic heterocycles. The lowest BCUT2D eigenvalue weighted by Crippen LogP contribution is -2.70. The first-order valence-electron chi connectivity index (χ1n) is 47.3. The van der Waals surface area contributed by atoms with E-state index in [1.54, 1.807) is 0 Å². The SMILES string of the molecule is CCCCCCCCCCCCCCCCCCC(=O)OC1C(O)C(O)C(OC2OC(CO)C(O)C(O)C2O)C(OP(=O)(O)OCC(COC(=O)CCCCCCCCCCCCCCC)OC(=O)CCCCCCCCCCCCCCC)C1OC1OC(COC(=O)CCCCCCCCCCCCCCCCC)C(O)C(O)C1O. The van der Waals surface area contributed by atoms with Crippen LogP contribution in [0.2, 0.25) is 0 Å². The van der Waals surface area contributed by atoms with Gasteiger partial charge in [0, 0.05) is 25.7 Å². The quantitative estimate of drug-likeness (QED) is 0.0117. The average Bonchev–Trinajstić information content (AvgIpc) is 0.754. The van der Waals surface area contributed by atoms with E-state index in [9.17, 15) is 74.6 Å². The highest BCUT2D eigenvalue weighted by molar-refractivity contribution is 7.47. The molecular formula is C90H169O25P. The van der Waals surface area contributed by atoms with Crippen molar-refractivity contribution in [1.82, 2.24) is 0 Å². The van der Waals surface area contributed by atoms with E-state index in [-0.39, 0.29) is 25.7 Å². The number of aliphatic hydroxyl groups is 9. The Morgan fingerprint density at radius 2 is 0.595 bits per heavy atom. The summed E-state index contributed by atoms with van der Waals surface area (Å²) >= 11 is 0. The fourth-order valence-corrected chi connectivity index (χ4v) is 16.8. The maximum Gasteiger partial charge on any atom is 0.472 e. The van der Waals surface area contributed by atoms with Crippen LogP contribution in [0.4, 0.5) is 0 Å². The zero-order chi connectivity index (χ0) is 84.7. The molecule has 0 aromatic heterocycles. The molecule has 1 aliphatic carbocycles. The van der Waals surface area contributed by atoms with E-state index in [0.29, 0.717) is 32.1 Å². The topological polar surface area (TPSA) is 380 Å². The van der Waals surface area contributed by atoms with Crippen molar-refractivity contribution >= 4 is 31.7 Å². The van der Waals surface area contributed by atoms with Crippen LogP contribution in [-0.2, 0) is 70.7 Å². The number of esters is 4. The summed E-state index contributed by atoms with van der Waals surface area (Å²) in [6, 6.07) is 0. The van der Waals surface area contributed by atoms with E-state index in [0.717, 1.165) is 128 Å². The van der Waals surface area contributed by atoms with Gasteiger partial charge in [-0.1, -0.05) is 368 Å². The molecule has 116 heavy (non-hydrogen) atoms. The van der Waals surface area contributed by atoms with Crippen molar-refractivity contribution in [2.24, 2.45) is 0 Å². The molecule has 0 aromatic rings. The normalized spacial score (nSPS) is 25.1. The lowest BCUT2D eigenvalue weighted by atomic mass is 9.84. The highest BCUT2D eigenvalue weighted by Crippen LogP contribution is 2.49. The van der Waals surface area contributed by atoms with Crippen LogP contribution in [0.1, 0.15) is 419 Å². The Morgan fingerprint density at radius 1 is 0.310 bits per heavy atom. The minimum Gasteiger partial charge on any atom is -0.463 e. The Hall–Kier alpha value is -2.53. The number of ether oxygens (including phenoxy) is 8. The van der Waals surface area contributed by atoms with Crippen LogP contribution in [0.15, 0.2) is 0 Å². The van der Waals surface area contributed by atoms with Crippen molar-refractivity contribution in [1.29, 1.82) is 0 Å². The average molecular weight is 1680 g/mol. The molecule has 3 fully saturated rings. The summed E-state index contributed by atoms with van der Waals surface area (Å²) in [5.74, 6) is -2.94. The molecule has 0 bridgehead atoms. The van der Waals surface area contributed by atoms with Crippen molar-refractivity contribution in [3.8, 4) is 0 Å². The molecule has 0 aromatic carbocycles. The second kappa shape index (κ2) is 69.8. The van der Waals surface area contributed by atoms with Crippen molar-refractivity contribution in [3.63, 3.8) is 0 Å². The number of carbonyl (C=O) groups excluding carboxylic acids is 4. The highest BCUT2D eigenvalue weighted by Gasteiger charge is 2.60. The smallest absolute Gasteiger partial charge is 0.463 e. The standard InChI is InChI=1S/C90H169O25P/c1-5-9-13-17-21-25-29-33-35-37-41-45-49-53-57-61-65-76(95)112-85-81(100)82(101)86(113-89-83(102)79(98)77(96)71(66-91)110-89)88(87(85)114-90-84(103)80(99)78(97)72(111-90)69-107-74(93)63-59-55-51-47-43-40-36-34-30-26-22-18-14-10-6-2)115-116(104,105)108-68-70(109-75(94)64-60-56-52-48-44-39-32-28-24-20-16-12-8-4)67-106-73(92)62-58-54-50-46-42-38-31-27-23-19-15-11-7-3/h70-72,77-91,96-103H,5-69H2,1-4H3,(H,104,105). The number of rotatable bonds is 77.